The topological polar surface area (TPSA) is 94.7 Å². The Morgan fingerprint density at radius 1 is 1.14 bits per heavy atom. The van der Waals surface area contributed by atoms with Crippen molar-refractivity contribution in [3.63, 3.8) is 0 Å². The summed E-state index contributed by atoms with van der Waals surface area (Å²) in [6, 6.07) is 7.22. The molecule has 1 aliphatic rings. The van der Waals surface area contributed by atoms with Gasteiger partial charge in [0.25, 0.3) is 0 Å². The molecule has 2 aromatic rings. The van der Waals surface area contributed by atoms with E-state index in [2.05, 4.69) is 10.3 Å². The number of aromatic amines is 1. The van der Waals surface area contributed by atoms with Gasteiger partial charge in [-0.3, -0.25) is 9.59 Å². The van der Waals surface area contributed by atoms with Crippen LogP contribution in [-0.2, 0) is 20.7 Å². The van der Waals surface area contributed by atoms with Crippen molar-refractivity contribution in [2.45, 2.75) is 25.8 Å². The van der Waals surface area contributed by atoms with Gasteiger partial charge in [-0.1, -0.05) is 18.2 Å². The van der Waals surface area contributed by atoms with Crippen LogP contribution in [0.25, 0.3) is 10.9 Å². The van der Waals surface area contributed by atoms with E-state index in [0.717, 1.165) is 16.5 Å². The van der Waals surface area contributed by atoms with E-state index in [4.69, 9.17) is 4.74 Å². The second kappa shape index (κ2) is 8.77. The van der Waals surface area contributed by atoms with E-state index in [9.17, 15) is 14.4 Å². The SMILES string of the molecule is COC(=O)N1CCCN(C(=O)[C@@H](Cc2c[nH]c3ccccc23)NC(C)=O)CC1. The lowest BCUT2D eigenvalue weighted by Crippen LogP contribution is -2.50. The number of nitrogens with zero attached hydrogens (tertiary/aromatic N) is 2. The highest BCUT2D eigenvalue weighted by atomic mass is 16.5. The fraction of sp³-hybridized carbons (Fsp3) is 0.450. The Morgan fingerprint density at radius 3 is 2.61 bits per heavy atom. The summed E-state index contributed by atoms with van der Waals surface area (Å²) in [6.07, 6.45) is 2.57. The first-order valence-corrected chi connectivity index (χ1v) is 9.43. The lowest BCUT2D eigenvalue weighted by molar-refractivity contribution is -0.136. The molecule has 28 heavy (non-hydrogen) atoms. The minimum Gasteiger partial charge on any atom is -0.453 e. The van der Waals surface area contributed by atoms with Crippen LogP contribution < -0.4 is 5.32 Å². The second-order valence-corrected chi connectivity index (χ2v) is 6.95. The highest BCUT2D eigenvalue weighted by Crippen LogP contribution is 2.20. The summed E-state index contributed by atoms with van der Waals surface area (Å²) < 4.78 is 4.78. The Kier molecular flexibility index (Phi) is 6.18. The average Bonchev–Trinajstić information content (AvgIpc) is 2.93. The number of fused-ring (bicyclic) bond motifs is 1. The number of carbonyl (C=O) groups excluding carboxylic acids is 3. The van der Waals surface area contributed by atoms with Crippen LogP contribution in [0.4, 0.5) is 4.79 Å². The van der Waals surface area contributed by atoms with Crippen LogP contribution in [0.15, 0.2) is 30.5 Å². The van der Waals surface area contributed by atoms with Crippen molar-refractivity contribution in [3.8, 4) is 0 Å². The minimum absolute atomic E-state index is 0.132. The summed E-state index contributed by atoms with van der Waals surface area (Å²) in [5, 5.41) is 3.84. The molecule has 3 amide bonds. The number of para-hydroxylation sites is 1. The quantitative estimate of drug-likeness (QED) is 0.833. The van der Waals surface area contributed by atoms with Crippen molar-refractivity contribution in [1.29, 1.82) is 0 Å². The van der Waals surface area contributed by atoms with Crippen molar-refractivity contribution in [2.24, 2.45) is 0 Å². The molecule has 0 saturated carbocycles. The first-order valence-electron chi connectivity index (χ1n) is 9.43. The molecule has 8 nitrogen and oxygen atoms in total. The molecule has 1 fully saturated rings. The van der Waals surface area contributed by atoms with Gasteiger partial charge >= 0.3 is 6.09 Å². The number of H-pyrrole nitrogens is 1. The van der Waals surface area contributed by atoms with E-state index in [1.165, 1.54) is 14.0 Å². The van der Waals surface area contributed by atoms with Gasteiger partial charge in [0, 0.05) is 56.6 Å². The number of amides is 3. The fourth-order valence-electron chi connectivity index (χ4n) is 3.64. The van der Waals surface area contributed by atoms with Crippen molar-refractivity contribution < 1.29 is 19.1 Å². The number of benzene rings is 1. The van der Waals surface area contributed by atoms with Gasteiger partial charge in [0.2, 0.25) is 11.8 Å². The summed E-state index contributed by atoms with van der Waals surface area (Å²) in [6.45, 7) is 3.33. The third kappa shape index (κ3) is 4.44. The first kappa shape index (κ1) is 19.7. The number of hydrogen-bond acceptors (Lipinski definition) is 4. The number of carbonyl (C=O) groups is 3. The van der Waals surface area contributed by atoms with Gasteiger partial charge in [-0.15, -0.1) is 0 Å². The summed E-state index contributed by atoms with van der Waals surface area (Å²) in [5.41, 5.74) is 1.98. The van der Waals surface area contributed by atoms with Gasteiger partial charge in [0.1, 0.15) is 6.04 Å². The largest absolute Gasteiger partial charge is 0.453 e. The van der Waals surface area contributed by atoms with E-state index >= 15 is 0 Å². The monoisotopic (exact) mass is 386 g/mol. The highest BCUT2D eigenvalue weighted by molar-refractivity contribution is 5.89. The van der Waals surface area contributed by atoms with Gasteiger partial charge in [-0.2, -0.15) is 0 Å². The Labute approximate surface area is 163 Å². The lowest BCUT2D eigenvalue weighted by atomic mass is 10.0. The van der Waals surface area contributed by atoms with Crippen molar-refractivity contribution in [2.75, 3.05) is 33.3 Å². The minimum atomic E-state index is -0.651. The third-order valence-electron chi connectivity index (χ3n) is 5.01. The third-order valence-corrected chi connectivity index (χ3v) is 5.01. The molecule has 2 N–H and O–H groups in total. The molecular weight excluding hydrogens is 360 g/mol. The Balaban J connectivity index is 1.74. The van der Waals surface area contributed by atoms with Gasteiger partial charge in [-0.05, 0) is 18.1 Å². The molecule has 1 aromatic heterocycles. The van der Waals surface area contributed by atoms with E-state index in [-0.39, 0.29) is 17.9 Å². The van der Waals surface area contributed by atoms with Gasteiger partial charge in [0.05, 0.1) is 7.11 Å². The van der Waals surface area contributed by atoms with Gasteiger partial charge in [-0.25, -0.2) is 4.79 Å². The van der Waals surface area contributed by atoms with Crippen LogP contribution >= 0.6 is 0 Å². The molecule has 1 aromatic carbocycles. The number of ether oxygens (including phenoxy) is 1. The van der Waals surface area contributed by atoms with Crippen molar-refractivity contribution in [3.05, 3.63) is 36.0 Å². The number of hydrogen-bond donors (Lipinski definition) is 2. The lowest BCUT2D eigenvalue weighted by Gasteiger charge is -2.26. The molecule has 0 aliphatic carbocycles. The van der Waals surface area contributed by atoms with Crippen molar-refractivity contribution >= 4 is 28.8 Å². The normalized spacial score (nSPS) is 15.8. The van der Waals surface area contributed by atoms with E-state index < -0.39 is 6.04 Å². The van der Waals surface area contributed by atoms with E-state index in [1.54, 1.807) is 9.80 Å². The molecule has 0 unspecified atom stereocenters. The summed E-state index contributed by atoms with van der Waals surface area (Å²) in [4.78, 5) is 43.2. The van der Waals surface area contributed by atoms with E-state index in [0.29, 0.717) is 39.0 Å². The Hall–Kier alpha value is -3.03. The molecule has 0 radical (unpaired) electrons. The predicted octanol–water partition coefficient (Wildman–Crippen LogP) is 1.52. The van der Waals surface area contributed by atoms with Crippen LogP contribution in [0.5, 0.6) is 0 Å². The zero-order chi connectivity index (χ0) is 20.1. The van der Waals surface area contributed by atoms with Crippen LogP contribution in [0.2, 0.25) is 0 Å². The van der Waals surface area contributed by atoms with Gasteiger partial charge < -0.3 is 24.8 Å². The predicted molar refractivity (Wildman–Crippen MR) is 105 cm³/mol. The molecule has 0 bridgehead atoms. The fourth-order valence-corrected chi connectivity index (χ4v) is 3.64. The zero-order valence-electron chi connectivity index (χ0n) is 16.2. The highest BCUT2D eigenvalue weighted by Gasteiger charge is 2.29. The molecule has 8 heteroatoms. The van der Waals surface area contributed by atoms with E-state index in [1.807, 2.05) is 30.5 Å². The first-order chi connectivity index (χ1) is 13.5. The Bertz CT molecular complexity index is 863. The molecule has 1 aliphatic heterocycles. The Morgan fingerprint density at radius 2 is 1.86 bits per heavy atom. The standard InChI is InChI=1S/C20H26N4O4/c1-14(25)22-18(12-15-13-21-17-7-4-3-6-16(15)17)19(26)23-8-5-9-24(11-10-23)20(27)28-2/h3-4,6-7,13,18,21H,5,8-12H2,1-2H3,(H,22,25)/t18-/m1/s1. The maximum Gasteiger partial charge on any atom is 0.409 e. The molecule has 1 atom stereocenters. The maximum absolute atomic E-state index is 13.2. The molecule has 1 saturated heterocycles. The summed E-state index contributed by atoms with van der Waals surface area (Å²) in [5.74, 6) is -0.378. The smallest absolute Gasteiger partial charge is 0.409 e. The summed E-state index contributed by atoms with van der Waals surface area (Å²) >= 11 is 0. The number of methoxy groups -OCH3 is 1. The maximum atomic E-state index is 13.2. The zero-order valence-corrected chi connectivity index (χ0v) is 16.2. The molecule has 150 valence electrons. The van der Waals surface area contributed by atoms with Gasteiger partial charge in [0.15, 0.2) is 0 Å². The van der Waals surface area contributed by atoms with Crippen LogP contribution in [0, 0.1) is 0 Å². The average molecular weight is 386 g/mol. The molecular formula is C20H26N4O4. The number of rotatable bonds is 4. The van der Waals surface area contributed by atoms with Crippen molar-refractivity contribution in [1.82, 2.24) is 20.1 Å². The number of nitrogens with one attached hydrogen (secondary N) is 2. The molecule has 2 heterocycles. The van der Waals surface area contributed by atoms with Crippen LogP contribution in [0.3, 0.4) is 0 Å². The molecule has 3 rings (SSSR count). The second-order valence-electron chi connectivity index (χ2n) is 6.95. The number of aromatic nitrogens is 1. The molecule has 0 spiro atoms. The van der Waals surface area contributed by atoms with Crippen LogP contribution in [0.1, 0.15) is 18.9 Å². The van der Waals surface area contributed by atoms with Crippen LogP contribution in [-0.4, -0.2) is 72.0 Å². The summed E-state index contributed by atoms with van der Waals surface area (Å²) in [7, 11) is 1.35.